The van der Waals surface area contributed by atoms with Gasteiger partial charge in [-0.15, -0.1) is 0 Å². The summed E-state index contributed by atoms with van der Waals surface area (Å²) < 4.78 is 5.25. The molecule has 2 unspecified atom stereocenters. The fraction of sp³-hybridized carbons (Fsp3) is 0.333. The van der Waals surface area contributed by atoms with Gasteiger partial charge in [0.05, 0.1) is 23.4 Å². The van der Waals surface area contributed by atoms with Gasteiger partial charge in [0.15, 0.2) is 0 Å². The van der Waals surface area contributed by atoms with Crippen LogP contribution >= 0.6 is 23.2 Å². The smallest absolute Gasteiger partial charge is 0.282 e. The van der Waals surface area contributed by atoms with Crippen LogP contribution in [0.4, 0.5) is 5.69 Å². The number of imide groups is 1. The fourth-order valence-corrected chi connectivity index (χ4v) is 4.92. The highest BCUT2D eigenvalue weighted by Gasteiger charge is 2.44. The zero-order chi connectivity index (χ0) is 22.3. The molecule has 0 aromatic heterocycles. The lowest BCUT2D eigenvalue weighted by atomic mass is 9.91. The van der Waals surface area contributed by atoms with Crippen molar-refractivity contribution in [1.82, 2.24) is 4.90 Å². The van der Waals surface area contributed by atoms with E-state index < -0.39 is 5.91 Å². The second kappa shape index (κ2) is 8.56. The van der Waals surface area contributed by atoms with Crippen LogP contribution in [0.25, 0.3) is 5.57 Å². The molecule has 1 fully saturated rings. The zero-order valence-electron chi connectivity index (χ0n) is 17.7. The lowest BCUT2D eigenvalue weighted by Crippen LogP contribution is -2.42. The van der Waals surface area contributed by atoms with Gasteiger partial charge in [0.2, 0.25) is 0 Å². The van der Waals surface area contributed by atoms with E-state index in [-0.39, 0.29) is 5.91 Å². The minimum Gasteiger partial charge on any atom is -0.497 e. The normalized spacial score (nSPS) is 21.8. The Morgan fingerprint density at radius 1 is 0.935 bits per heavy atom. The largest absolute Gasteiger partial charge is 0.497 e. The second-order valence-corrected chi connectivity index (χ2v) is 9.19. The van der Waals surface area contributed by atoms with Crippen molar-refractivity contribution >= 4 is 46.3 Å². The van der Waals surface area contributed by atoms with Crippen molar-refractivity contribution in [3.8, 4) is 5.75 Å². The number of halogens is 2. The van der Waals surface area contributed by atoms with Gasteiger partial charge in [-0.05, 0) is 54.2 Å². The third-order valence-electron chi connectivity index (χ3n) is 5.77. The summed E-state index contributed by atoms with van der Waals surface area (Å²) in [4.78, 5) is 30.5. The van der Waals surface area contributed by atoms with Gasteiger partial charge in [-0.3, -0.25) is 9.59 Å². The molecule has 7 heteroatoms. The van der Waals surface area contributed by atoms with Crippen molar-refractivity contribution in [1.29, 1.82) is 0 Å². The van der Waals surface area contributed by atoms with Crippen LogP contribution in [0.15, 0.2) is 48.2 Å². The van der Waals surface area contributed by atoms with Gasteiger partial charge < -0.3 is 9.64 Å². The monoisotopic (exact) mass is 458 g/mol. The van der Waals surface area contributed by atoms with Crippen LogP contribution in [-0.4, -0.2) is 36.9 Å². The Bertz CT molecular complexity index is 1050. The van der Waals surface area contributed by atoms with Gasteiger partial charge >= 0.3 is 0 Å². The summed E-state index contributed by atoms with van der Waals surface area (Å²) in [7, 11) is 1.59. The molecule has 2 aliphatic rings. The molecule has 0 bridgehead atoms. The Kier molecular flexibility index (Phi) is 6.00. The first-order chi connectivity index (χ1) is 14.8. The van der Waals surface area contributed by atoms with Gasteiger partial charge in [0.25, 0.3) is 11.8 Å². The maximum atomic E-state index is 13.7. The Labute approximate surface area is 192 Å². The van der Waals surface area contributed by atoms with Crippen molar-refractivity contribution in [2.24, 2.45) is 11.8 Å². The minimum atomic E-state index is -0.403. The average Bonchev–Trinajstić information content (AvgIpc) is 2.99. The molecule has 2 atom stereocenters. The number of nitrogens with zero attached hydrogens (tertiary/aromatic N) is 2. The van der Waals surface area contributed by atoms with Gasteiger partial charge in [-0.2, -0.15) is 0 Å². The highest BCUT2D eigenvalue weighted by molar-refractivity contribution is 6.47. The molecule has 0 N–H and O–H groups in total. The first kappa shape index (κ1) is 21.7. The molecule has 2 aromatic carbocycles. The van der Waals surface area contributed by atoms with Crippen molar-refractivity contribution in [2.75, 3.05) is 25.1 Å². The van der Waals surface area contributed by atoms with E-state index in [0.717, 1.165) is 24.4 Å². The number of carbonyl (C=O) groups excluding carboxylic acids is 2. The third-order valence-corrected chi connectivity index (χ3v) is 6.33. The number of amides is 2. The predicted molar refractivity (Wildman–Crippen MR) is 123 cm³/mol. The van der Waals surface area contributed by atoms with Crippen molar-refractivity contribution < 1.29 is 14.3 Å². The Morgan fingerprint density at radius 3 is 2.19 bits per heavy atom. The SMILES string of the molecule is COc1ccc(C2=C(N3CC(C)CC(C)C3)C(=O)N(c3cc(Cl)ccc3Cl)C2=O)cc1. The van der Waals surface area contributed by atoms with Crippen molar-refractivity contribution in [3.63, 3.8) is 0 Å². The second-order valence-electron chi connectivity index (χ2n) is 8.34. The number of benzene rings is 2. The molecule has 0 spiro atoms. The number of rotatable bonds is 4. The number of hydrogen-bond acceptors (Lipinski definition) is 4. The summed E-state index contributed by atoms with van der Waals surface area (Å²) in [6.45, 7) is 5.77. The summed E-state index contributed by atoms with van der Waals surface area (Å²) in [5, 5.41) is 0.696. The summed E-state index contributed by atoms with van der Waals surface area (Å²) in [6.07, 6.45) is 1.09. The number of methoxy groups -OCH3 is 1. The molecule has 1 saturated heterocycles. The van der Waals surface area contributed by atoms with Crippen LogP contribution in [0.3, 0.4) is 0 Å². The van der Waals surface area contributed by atoms with Crippen molar-refractivity contribution in [3.05, 3.63) is 63.8 Å². The minimum absolute atomic E-state index is 0.293. The Balaban J connectivity index is 1.85. The molecule has 2 aliphatic heterocycles. The van der Waals surface area contributed by atoms with E-state index >= 15 is 0 Å². The number of ether oxygens (including phenoxy) is 1. The standard InChI is InChI=1S/C24H24Cl2N2O3/c1-14-10-15(2)13-27(12-14)22-21(16-4-7-18(31-3)8-5-16)23(29)28(24(22)30)20-11-17(25)6-9-19(20)26/h4-9,11,14-15H,10,12-13H2,1-3H3. The molecule has 0 radical (unpaired) electrons. The zero-order valence-corrected chi connectivity index (χ0v) is 19.2. The lowest BCUT2D eigenvalue weighted by Gasteiger charge is -2.37. The molecule has 0 aliphatic carbocycles. The van der Waals surface area contributed by atoms with Gasteiger partial charge in [0, 0.05) is 18.1 Å². The van der Waals surface area contributed by atoms with Crippen LogP contribution in [0.2, 0.25) is 10.0 Å². The molecule has 31 heavy (non-hydrogen) atoms. The van der Waals surface area contributed by atoms with Gasteiger partial charge in [0.1, 0.15) is 11.4 Å². The number of hydrogen-bond donors (Lipinski definition) is 0. The maximum absolute atomic E-state index is 13.7. The van der Waals surface area contributed by atoms with E-state index in [2.05, 4.69) is 18.7 Å². The summed E-state index contributed by atoms with van der Waals surface area (Å²) in [6, 6.07) is 12.0. The van der Waals surface area contributed by atoms with E-state index in [9.17, 15) is 9.59 Å². The molecular weight excluding hydrogens is 435 g/mol. The predicted octanol–water partition coefficient (Wildman–Crippen LogP) is 5.26. The first-order valence-corrected chi connectivity index (χ1v) is 11.0. The van der Waals surface area contributed by atoms with E-state index in [0.29, 0.717) is 50.2 Å². The summed E-state index contributed by atoms with van der Waals surface area (Å²) in [5.74, 6) is 0.735. The quantitative estimate of drug-likeness (QED) is 0.585. The van der Waals surface area contributed by atoms with Crippen LogP contribution in [0.5, 0.6) is 5.75 Å². The summed E-state index contributed by atoms with van der Waals surface area (Å²) >= 11 is 12.5. The lowest BCUT2D eigenvalue weighted by molar-refractivity contribution is -0.120. The number of likely N-dealkylation sites (tertiary alicyclic amines) is 1. The van der Waals surface area contributed by atoms with E-state index in [1.54, 1.807) is 49.6 Å². The average molecular weight is 459 g/mol. The third kappa shape index (κ3) is 4.04. The van der Waals surface area contributed by atoms with Crippen LogP contribution in [-0.2, 0) is 9.59 Å². The van der Waals surface area contributed by atoms with E-state index in [1.165, 1.54) is 0 Å². The first-order valence-electron chi connectivity index (χ1n) is 10.3. The van der Waals surface area contributed by atoms with Crippen LogP contribution in [0.1, 0.15) is 25.8 Å². The molecule has 2 aromatic rings. The van der Waals surface area contributed by atoms with Crippen LogP contribution < -0.4 is 9.64 Å². The fourth-order valence-electron chi connectivity index (χ4n) is 4.55. The van der Waals surface area contributed by atoms with Crippen molar-refractivity contribution in [2.45, 2.75) is 20.3 Å². The maximum Gasteiger partial charge on any atom is 0.282 e. The van der Waals surface area contributed by atoms with Gasteiger partial charge in [-0.1, -0.05) is 49.2 Å². The Morgan fingerprint density at radius 2 is 1.58 bits per heavy atom. The van der Waals surface area contributed by atoms with Gasteiger partial charge in [-0.25, -0.2) is 4.90 Å². The molecule has 2 heterocycles. The molecule has 2 amide bonds. The van der Waals surface area contributed by atoms with Crippen LogP contribution in [0, 0.1) is 11.8 Å². The van der Waals surface area contributed by atoms with E-state index in [4.69, 9.17) is 27.9 Å². The summed E-state index contributed by atoms with van der Waals surface area (Å²) in [5.41, 5.74) is 1.76. The van der Waals surface area contributed by atoms with E-state index in [1.807, 2.05) is 0 Å². The number of carbonyl (C=O) groups is 2. The number of anilines is 1. The molecule has 4 rings (SSSR count). The number of piperidine rings is 1. The molecular formula is C24H24Cl2N2O3. The highest BCUT2D eigenvalue weighted by atomic mass is 35.5. The molecule has 5 nitrogen and oxygen atoms in total. The Hall–Kier alpha value is -2.50. The molecule has 162 valence electrons. The highest BCUT2D eigenvalue weighted by Crippen LogP contribution is 2.40. The molecule has 0 saturated carbocycles. The topological polar surface area (TPSA) is 49.9 Å².